The SMILES string of the molecule is CN1CCN(c2ccc(Nc3ncc([N+](=O)[O-])c(NC4CC(C)(C)N(C)C(C)(C)C4)n3)cc2C(F)(F)F)CC1. The summed E-state index contributed by atoms with van der Waals surface area (Å²) in [6.45, 7) is 10.8. The highest BCUT2D eigenvalue weighted by atomic mass is 19.4. The third-order valence-corrected chi connectivity index (χ3v) is 8.02. The summed E-state index contributed by atoms with van der Waals surface area (Å²) in [5.41, 5.74) is -1.12. The van der Waals surface area contributed by atoms with Crippen molar-refractivity contribution < 1.29 is 18.1 Å². The third-order valence-electron chi connectivity index (χ3n) is 8.02. The summed E-state index contributed by atoms with van der Waals surface area (Å²) in [6, 6.07) is 3.92. The van der Waals surface area contributed by atoms with Crippen molar-refractivity contribution in [2.24, 2.45) is 0 Å². The molecule has 0 atom stereocenters. The van der Waals surface area contributed by atoms with E-state index in [0.717, 1.165) is 25.1 Å². The lowest BCUT2D eigenvalue weighted by molar-refractivity contribution is -0.384. The average Bonchev–Trinajstić information content (AvgIpc) is 2.82. The van der Waals surface area contributed by atoms with Gasteiger partial charge in [-0.25, -0.2) is 4.98 Å². The fraction of sp³-hybridized carbons (Fsp3) is 0.615. The molecule has 13 heteroatoms. The number of alkyl halides is 3. The maximum absolute atomic E-state index is 14.0. The Morgan fingerprint density at radius 3 is 2.23 bits per heavy atom. The third kappa shape index (κ3) is 6.35. The molecule has 2 aliphatic heterocycles. The Hall–Kier alpha value is -3.19. The Kier molecular flexibility index (Phi) is 7.69. The molecule has 2 aromatic rings. The number of hydrogen-bond acceptors (Lipinski definition) is 9. The van der Waals surface area contributed by atoms with E-state index in [2.05, 4.69) is 65.1 Å². The van der Waals surface area contributed by atoms with Crippen LogP contribution < -0.4 is 15.5 Å². The van der Waals surface area contributed by atoms with E-state index in [1.54, 1.807) is 11.0 Å². The molecule has 1 aromatic heterocycles. The molecule has 4 rings (SSSR count). The zero-order valence-corrected chi connectivity index (χ0v) is 23.3. The first-order valence-corrected chi connectivity index (χ1v) is 13.0. The summed E-state index contributed by atoms with van der Waals surface area (Å²) in [5.74, 6) is -0.00113. The predicted molar refractivity (Wildman–Crippen MR) is 146 cm³/mol. The van der Waals surface area contributed by atoms with Crippen molar-refractivity contribution in [2.45, 2.75) is 63.8 Å². The van der Waals surface area contributed by atoms with Gasteiger partial charge in [-0.15, -0.1) is 0 Å². The highest BCUT2D eigenvalue weighted by Crippen LogP contribution is 2.40. The van der Waals surface area contributed by atoms with Crippen LogP contribution in [0.1, 0.15) is 46.1 Å². The van der Waals surface area contributed by atoms with Crippen LogP contribution in [-0.4, -0.2) is 82.1 Å². The summed E-state index contributed by atoms with van der Waals surface area (Å²) in [7, 11) is 4.01. The zero-order chi connectivity index (χ0) is 28.8. The molecule has 2 fully saturated rings. The number of likely N-dealkylation sites (tertiary alicyclic amines) is 1. The second-order valence-electron chi connectivity index (χ2n) is 11.8. The van der Waals surface area contributed by atoms with Crippen LogP contribution in [0.3, 0.4) is 0 Å². The van der Waals surface area contributed by atoms with Crippen LogP contribution in [0.25, 0.3) is 0 Å². The molecule has 3 heterocycles. The van der Waals surface area contributed by atoms with Gasteiger partial charge in [0.05, 0.1) is 10.5 Å². The smallest absolute Gasteiger partial charge is 0.368 e. The summed E-state index contributed by atoms with van der Waals surface area (Å²) < 4.78 is 42.1. The van der Waals surface area contributed by atoms with Crippen molar-refractivity contribution in [1.29, 1.82) is 0 Å². The molecule has 10 nitrogen and oxygen atoms in total. The van der Waals surface area contributed by atoms with Gasteiger partial charge in [0.15, 0.2) is 0 Å². The molecule has 0 amide bonds. The molecule has 2 N–H and O–H groups in total. The largest absolute Gasteiger partial charge is 0.418 e. The van der Waals surface area contributed by atoms with Gasteiger partial charge < -0.3 is 20.4 Å². The number of nitrogens with zero attached hydrogens (tertiary/aromatic N) is 6. The highest BCUT2D eigenvalue weighted by molar-refractivity contribution is 5.66. The number of piperidine rings is 1. The van der Waals surface area contributed by atoms with Crippen molar-refractivity contribution in [3.8, 4) is 0 Å². The molecule has 0 radical (unpaired) electrons. The molecule has 0 spiro atoms. The van der Waals surface area contributed by atoms with Crippen molar-refractivity contribution in [3.63, 3.8) is 0 Å². The second kappa shape index (κ2) is 10.4. The fourth-order valence-electron chi connectivity index (χ4n) is 5.64. The van der Waals surface area contributed by atoms with Crippen LogP contribution in [-0.2, 0) is 6.18 Å². The summed E-state index contributed by atoms with van der Waals surface area (Å²) in [4.78, 5) is 25.6. The number of rotatable bonds is 6. The number of piperazine rings is 1. The van der Waals surface area contributed by atoms with Crippen molar-refractivity contribution in [1.82, 2.24) is 19.8 Å². The lowest BCUT2D eigenvalue weighted by Gasteiger charge is -2.53. The van der Waals surface area contributed by atoms with Crippen LogP contribution in [0.4, 0.5) is 42.0 Å². The van der Waals surface area contributed by atoms with Crippen molar-refractivity contribution in [3.05, 3.63) is 40.1 Å². The minimum Gasteiger partial charge on any atom is -0.368 e. The maximum atomic E-state index is 14.0. The first kappa shape index (κ1) is 28.8. The Balaban J connectivity index is 1.61. The maximum Gasteiger partial charge on any atom is 0.418 e. The minimum atomic E-state index is -4.56. The Morgan fingerprint density at radius 1 is 1.05 bits per heavy atom. The van der Waals surface area contributed by atoms with Crippen LogP contribution in [0, 0.1) is 10.1 Å². The molecule has 0 unspecified atom stereocenters. The van der Waals surface area contributed by atoms with Gasteiger partial charge >= 0.3 is 11.9 Å². The number of nitrogens with one attached hydrogen (secondary N) is 2. The lowest BCUT2D eigenvalue weighted by atomic mass is 9.77. The second-order valence-corrected chi connectivity index (χ2v) is 11.8. The van der Waals surface area contributed by atoms with E-state index in [-0.39, 0.29) is 45.9 Å². The molecule has 214 valence electrons. The molecule has 1 aromatic carbocycles. The quantitative estimate of drug-likeness (QED) is 0.382. The van der Waals surface area contributed by atoms with Gasteiger partial charge in [0.25, 0.3) is 0 Å². The minimum absolute atomic E-state index is 0.0313. The molecular weight excluding hydrogens is 513 g/mol. The fourth-order valence-corrected chi connectivity index (χ4v) is 5.64. The topological polar surface area (TPSA) is 103 Å². The highest BCUT2D eigenvalue weighted by Gasteiger charge is 2.43. The monoisotopic (exact) mass is 550 g/mol. The number of benzene rings is 1. The predicted octanol–water partition coefficient (Wildman–Crippen LogP) is 4.96. The molecule has 0 bridgehead atoms. The van der Waals surface area contributed by atoms with Gasteiger partial charge in [0.1, 0.15) is 6.20 Å². The van der Waals surface area contributed by atoms with Gasteiger partial charge in [0, 0.05) is 54.7 Å². The van der Waals surface area contributed by atoms with Gasteiger partial charge in [-0.3, -0.25) is 15.0 Å². The van der Waals surface area contributed by atoms with Gasteiger partial charge in [-0.05, 0) is 72.8 Å². The Morgan fingerprint density at radius 2 is 1.67 bits per heavy atom. The van der Waals surface area contributed by atoms with Gasteiger partial charge in [-0.2, -0.15) is 18.2 Å². The van der Waals surface area contributed by atoms with Crippen molar-refractivity contribution in [2.75, 3.05) is 55.8 Å². The first-order valence-electron chi connectivity index (χ1n) is 13.0. The lowest BCUT2D eigenvalue weighted by Crippen LogP contribution is -2.61. The number of likely N-dealkylation sites (N-methyl/N-ethyl adjacent to an activating group) is 1. The van der Waals surface area contributed by atoms with Gasteiger partial charge in [-0.1, -0.05) is 0 Å². The summed E-state index contributed by atoms with van der Waals surface area (Å²) in [6.07, 6.45) is -2.04. The van der Waals surface area contributed by atoms with E-state index in [1.807, 2.05) is 7.05 Å². The van der Waals surface area contributed by atoms with E-state index >= 15 is 0 Å². The Labute approximate surface area is 226 Å². The number of halogens is 3. The number of aromatic nitrogens is 2. The summed E-state index contributed by atoms with van der Waals surface area (Å²) >= 11 is 0. The van der Waals surface area contributed by atoms with Gasteiger partial charge in [0.2, 0.25) is 11.8 Å². The van der Waals surface area contributed by atoms with Crippen molar-refractivity contribution >= 4 is 28.8 Å². The number of nitro groups is 1. The van der Waals surface area contributed by atoms with E-state index < -0.39 is 16.7 Å². The molecule has 0 aliphatic carbocycles. The molecule has 0 saturated carbocycles. The van der Waals surface area contributed by atoms with E-state index in [0.29, 0.717) is 26.2 Å². The van der Waals surface area contributed by atoms with E-state index in [9.17, 15) is 23.3 Å². The first-order chi connectivity index (χ1) is 18.1. The number of anilines is 4. The van der Waals surface area contributed by atoms with E-state index in [1.165, 1.54) is 6.07 Å². The normalized spacial score (nSPS) is 20.6. The Bertz CT molecular complexity index is 1190. The van der Waals surface area contributed by atoms with Crippen LogP contribution in [0.2, 0.25) is 0 Å². The van der Waals surface area contributed by atoms with E-state index in [4.69, 9.17) is 0 Å². The molecule has 2 aliphatic rings. The van der Waals surface area contributed by atoms with Crippen LogP contribution in [0.5, 0.6) is 0 Å². The standard InChI is InChI=1S/C26H37F3N8O2/c1-24(2)14-18(15-25(3,4)35(24)6)31-22-21(37(38)39)16-30-23(33-22)32-17-7-8-20(19(13-17)26(27,28)29)36-11-9-34(5)10-12-36/h7-8,13,16,18H,9-12,14-15H2,1-6H3,(H2,30,31,32,33). The molecule has 39 heavy (non-hydrogen) atoms. The van der Waals surface area contributed by atoms with Crippen LogP contribution in [0.15, 0.2) is 24.4 Å². The zero-order valence-electron chi connectivity index (χ0n) is 23.3. The number of hydrogen-bond donors (Lipinski definition) is 2. The summed E-state index contributed by atoms with van der Waals surface area (Å²) in [5, 5.41) is 17.8. The van der Waals surface area contributed by atoms with Crippen LogP contribution >= 0.6 is 0 Å². The molecular formula is C26H37F3N8O2. The molecule has 2 saturated heterocycles. The average molecular weight is 551 g/mol.